The second-order valence-electron chi connectivity index (χ2n) is 6.75. The Balaban J connectivity index is 2.41. The molecule has 0 radical (unpaired) electrons. The first kappa shape index (κ1) is 19.9. The van der Waals surface area contributed by atoms with Gasteiger partial charge in [-0.15, -0.1) is 11.8 Å². The van der Waals surface area contributed by atoms with E-state index in [-0.39, 0.29) is 0 Å². The molecule has 11 heteroatoms. The van der Waals surface area contributed by atoms with E-state index in [1.165, 1.54) is 6.92 Å². The zero-order valence-electron chi connectivity index (χ0n) is 13.9. The van der Waals surface area contributed by atoms with Crippen molar-refractivity contribution in [2.75, 3.05) is 0 Å². The zero-order chi connectivity index (χ0) is 19.3. The van der Waals surface area contributed by atoms with Crippen molar-refractivity contribution in [3.63, 3.8) is 0 Å². The Bertz CT molecular complexity index is 585. The molecule has 0 aromatic heterocycles. The van der Waals surface area contributed by atoms with Gasteiger partial charge in [-0.3, -0.25) is 14.4 Å². The Morgan fingerprint density at radius 2 is 1.72 bits per heavy atom. The molecule has 142 valence electrons. The third kappa shape index (κ3) is 3.34. The van der Waals surface area contributed by atoms with Crippen molar-refractivity contribution in [3.05, 3.63) is 0 Å². The van der Waals surface area contributed by atoms with Crippen molar-refractivity contribution in [3.8, 4) is 0 Å². The molecule has 0 aromatic rings. The molecule has 0 aliphatic carbocycles. The Morgan fingerprint density at radius 1 is 1.16 bits per heavy atom. The maximum atomic E-state index is 12.6. The van der Waals surface area contributed by atoms with Gasteiger partial charge in [0.1, 0.15) is 35.8 Å². The minimum absolute atomic E-state index is 0.770. The van der Waals surface area contributed by atoms with Crippen LogP contribution < -0.4 is 5.32 Å². The van der Waals surface area contributed by atoms with E-state index in [1.54, 1.807) is 13.8 Å². The van der Waals surface area contributed by atoms with Crippen LogP contribution >= 0.6 is 11.8 Å². The van der Waals surface area contributed by atoms with Gasteiger partial charge in [-0.05, 0) is 20.8 Å². The van der Waals surface area contributed by atoms with Gasteiger partial charge in [0, 0.05) is 4.75 Å². The van der Waals surface area contributed by atoms with Gasteiger partial charge in [-0.1, -0.05) is 0 Å². The predicted octanol–water partition coefficient (Wildman–Crippen LogP) is -2.92. The Morgan fingerprint density at radius 3 is 2.24 bits per heavy atom. The summed E-state index contributed by atoms with van der Waals surface area (Å²) in [6, 6.07) is -2.42. The van der Waals surface area contributed by atoms with Gasteiger partial charge in [0.05, 0.1) is 0 Å². The number of rotatable bonds is 3. The summed E-state index contributed by atoms with van der Waals surface area (Å²) in [5.74, 6) is -3.05. The molecule has 10 nitrogen and oxygen atoms in total. The lowest BCUT2D eigenvalue weighted by Crippen LogP contribution is -2.59. The van der Waals surface area contributed by atoms with Crippen molar-refractivity contribution in [2.45, 2.75) is 67.4 Å². The van der Waals surface area contributed by atoms with Crippen LogP contribution in [0.25, 0.3) is 0 Å². The van der Waals surface area contributed by atoms with Gasteiger partial charge in [0.2, 0.25) is 5.91 Å². The van der Waals surface area contributed by atoms with E-state index in [0.29, 0.717) is 0 Å². The summed E-state index contributed by atoms with van der Waals surface area (Å²) < 4.78 is -0.939. The highest BCUT2D eigenvalue weighted by Crippen LogP contribution is 2.47. The van der Waals surface area contributed by atoms with Crippen molar-refractivity contribution < 1.29 is 39.9 Å². The minimum atomic E-state index is -2.02. The number of aliphatic hydroxyl groups excluding tert-OH is 4. The van der Waals surface area contributed by atoms with Crippen LogP contribution in [0, 0.1) is 0 Å². The quantitative estimate of drug-likeness (QED) is 0.301. The molecule has 0 aromatic carbocycles. The average molecular weight is 378 g/mol. The van der Waals surface area contributed by atoms with E-state index in [0.717, 1.165) is 16.7 Å². The molecule has 7 atom stereocenters. The third-order valence-corrected chi connectivity index (χ3v) is 6.01. The number of nitrogens with one attached hydrogen (secondary N) is 1. The molecule has 0 unspecified atom stereocenters. The molecule has 2 fully saturated rings. The number of hydrogen-bond acceptors (Lipinski definition) is 8. The molecule has 2 heterocycles. The van der Waals surface area contributed by atoms with Gasteiger partial charge in [0.25, 0.3) is 5.91 Å². The molecule has 2 aliphatic heterocycles. The molecule has 2 rings (SSSR count). The summed E-state index contributed by atoms with van der Waals surface area (Å²) >= 11 is 1.02. The van der Waals surface area contributed by atoms with Gasteiger partial charge in [0.15, 0.2) is 6.10 Å². The summed E-state index contributed by atoms with van der Waals surface area (Å²) in [6.07, 6.45) is -7.30. The van der Waals surface area contributed by atoms with Gasteiger partial charge in [-0.25, -0.2) is 0 Å². The lowest BCUT2D eigenvalue weighted by Gasteiger charge is -2.32. The average Bonchev–Trinajstić information content (AvgIpc) is 2.79. The minimum Gasteiger partial charge on any atom is -0.480 e. The molecule has 2 amide bonds. The molecule has 6 N–H and O–H groups in total. The highest BCUT2D eigenvalue weighted by molar-refractivity contribution is 8.01. The highest BCUT2D eigenvalue weighted by Gasteiger charge is 2.60. The van der Waals surface area contributed by atoms with Crippen LogP contribution in [-0.4, -0.2) is 94.8 Å². The number of carboxylic acid groups (broad SMARTS) is 1. The SMILES string of the molecule is C[C@H](NC(=O)[C@H]1N2C(=O)[C@@H](O)[C@@H](O)[C@H](O)[C@@H](O)[C@H]2SC1(C)C)C(=O)O. The maximum absolute atomic E-state index is 12.6. The zero-order valence-corrected chi connectivity index (χ0v) is 14.7. The number of nitrogens with zero attached hydrogens (tertiary/aromatic N) is 1. The van der Waals surface area contributed by atoms with E-state index in [2.05, 4.69) is 5.32 Å². The van der Waals surface area contributed by atoms with Crippen LogP contribution in [0.15, 0.2) is 0 Å². The number of carbonyl (C=O) groups excluding carboxylic acids is 2. The number of hydrogen-bond donors (Lipinski definition) is 6. The summed E-state index contributed by atoms with van der Waals surface area (Å²) in [5, 5.41) is 50.1. The van der Waals surface area contributed by atoms with Crippen LogP contribution in [0.5, 0.6) is 0 Å². The van der Waals surface area contributed by atoms with E-state index in [4.69, 9.17) is 5.11 Å². The van der Waals surface area contributed by atoms with Gasteiger partial charge < -0.3 is 35.7 Å². The number of thioether (sulfide) groups is 1. The number of aliphatic hydroxyl groups is 4. The Kier molecular flexibility index (Phi) is 5.36. The van der Waals surface area contributed by atoms with Crippen molar-refractivity contribution in [1.82, 2.24) is 10.2 Å². The monoisotopic (exact) mass is 378 g/mol. The molecular weight excluding hydrogens is 356 g/mol. The number of amides is 2. The lowest BCUT2D eigenvalue weighted by atomic mass is 9.99. The molecular formula is C14H22N2O8S. The van der Waals surface area contributed by atoms with Crippen molar-refractivity contribution >= 4 is 29.5 Å². The van der Waals surface area contributed by atoms with Gasteiger partial charge >= 0.3 is 5.97 Å². The summed E-state index contributed by atoms with van der Waals surface area (Å²) in [4.78, 5) is 37.0. The fourth-order valence-corrected chi connectivity index (χ4v) is 4.67. The molecule has 0 saturated carbocycles. The molecule has 2 aliphatic rings. The van der Waals surface area contributed by atoms with Crippen LogP contribution in [0.2, 0.25) is 0 Å². The fourth-order valence-electron chi connectivity index (χ4n) is 3.05. The fraction of sp³-hybridized carbons (Fsp3) is 0.786. The van der Waals surface area contributed by atoms with E-state index in [9.17, 15) is 34.8 Å². The van der Waals surface area contributed by atoms with E-state index in [1.807, 2.05) is 0 Å². The van der Waals surface area contributed by atoms with Crippen LogP contribution in [0.1, 0.15) is 20.8 Å². The van der Waals surface area contributed by atoms with Crippen molar-refractivity contribution in [1.29, 1.82) is 0 Å². The number of aliphatic carboxylic acids is 1. The molecule has 25 heavy (non-hydrogen) atoms. The first-order valence-corrected chi connectivity index (χ1v) is 8.53. The summed E-state index contributed by atoms with van der Waals surface area (Å²) in [5.41, 5.74) is 0. The molecule has 0 bridgehead atoms. The van der Waals surface area contributed by atoms with Crippen molar-refractivity contribution in [2.24, 2.45) is 0 Å². The normalized spacial score (nSPS) is 38.7. The second-order valence-corrected chi connectivity index (χ2v) is 8.52. The maximum Gasteiger partial charge on any atom is 0.325 e. The Labute approximate surface area is 147 Å². The largest absolute Gasteiger partial charge is 0.480 e. The molecule has 2 saturated heterocycles. The van der Waals surface area contributed by atoms with Gasteiger partial charge in [-0.2, -0.15) is 0 Å². The highest BCUT2D eigenvalue weighted by atomic mass is 32.2. The topological polar surface area (TPSA) is 168 Å². The van der Waals surface area contributed by atoms with E-state index < -0.39 is 64.4 Å². The first-order valence-electron chi connectivity index (χ1n) is 7.65. The standard InChI is InChI=1S/C14H22N2O8S/c1-4(13(23)24)15-10(21)9-14(2,3)25-12-8(20)6(18)5(17)7(19)11(22)16(9)12/h4-9,12,17-20H,1-3H3,(H,15,21)(H,23,24)/t4-,5-,6-,7-,8+,9+,12+/m0/s1. The summed E-state index contributed by atoms with van der Waals surface area (Å²) in [7, 11) is 0. The van der Waals surface area contributed by atoms with Crippen LogP contribution in [0.4, 0.5) is 0 Å². The molecule has 0 spiro atoms. The van der Waals surface area contributed by atoms with E-state index >= 15 is 0 Å². The third-order valence-electron chi connectivity index (χ3n) is 4.44. The summed E-state index contributed by atoms with van der Waals surface area (Å²) in [6.45, 7) is 4.50. The van der Waals surface area contributed by atoms with Crippen LogP contribution in [-0.2, 0) is 14.4 Å². The lowest BCUT2D eigenvalue weighted by molar-refractivity contribution is -0.153. The number of carbonyl (C=O) groups is 3. The first-order chi connectivity index (χ1) is 11.4. The second kappa shape index (κ2) is 6.72. The number of fused-ring (bicyclic) bond motifs is 1. The predicted molar refractivity (Wildman–Crippen MR) is 85.4 cm³/mol. The van der Waals surface area contributed by atoms with Crippen LogP contribution in [0.3, 0.4) is 0 Å². The Hall–Kier alpha value is -1.40. The number of carboxylic acids is 1. The smallest absolute Gasteiger partial charge is 0.325 e.